The molecule has 1 amide bonds. The zero-order valence-corrected chi connectivity index (χ0v) is 18.8. The molecule has 9 heteroatoms. The van der Waals surface area contributed by atoms with Gasteiger partial charge in [-0.3, -0.25) is 9.36 Å². The molecule has 0 spiro atoms. The topological polar surface area (TPSA) is 130 Å². The molecule has 0 fully saturated rings. The number of nitrogens with one attached hydrogen (secondary N) is 1. The highest BCUT2D eigenvalue weighted by molar-refractivity contribution is 5.91. The van der Waals surface area contributed by atoms with Gasteiger partial charge in [-0.15, -0.1) is 10.2 Å². The van der Waals surface area contributed by atoms with Crippen LogP contribution in [-0.4, -0.2) is 63.0 Å². The molecule has 170 valence electrons. The number of aromatic hydroxyl groups is 2. The summed E-state index contributed by atoms with van der Waals surface area (Å²) in [4.78, 5) is 14.2. The summed E-state index contributed by atoms with van der Waals surface area (Å²) in [7, 11) is 4.08. The Balaban J connectivity index is 1.99. The summed E-state index contributed by atoms with van der Waals surface area (Å²) in [5, 5.41) is 32.1. The number of anilines is 1. The number of aromatic nitrogens is 3. The molecular weight excluding hydrogens is 408 g/mol. The Labute approximate surface area is 187 Å². The van der Waals surface area contributed by atoms with Crippen LogP contribution in [0.1, 0.15) is 42.4 Å². The van der Waals surface area contributed by atoms with Gasteiger partial charge in [-0.05, 0) is 68.9 Å². The summed E-state index contributed by atoms with van der Waals surface area (Å²) < 4.78 is 1.51. The van der Waals surface area contributed by atoms with Crippen molar-refractivity contribution in [3.63, 3.8) is 0 Å². The van der Waals surface area contributed by atoms with Crippen LogP contribution in [0.3, 0.4) is 0 Å². The molecule has 0 aliphatic carbocycles. The first-order valence-corrected chi connectivity index (χ1v) is 10.5. The van der Waals surface area contributed by atoms with Crippen molar-refractivity contribution in [1.82, 2.24) is 19.7 Å². The van der Waals surface area contributed by atoms with Crippen LogP contribution in [0.15, 0.2) is 36.4 Å². The average Bonchev–Trinajstić information content (AvgIpc) is 3.16. The van der Waals surface area contributed by atoms with E-state index in [0.29, 0.717) is 16.8 Å². The number of carbonyl (C=O) groups excluding carboxylic acids is 1. The largest absolute Gasteiger partial charge is 0.508 e. The second-order valence-electron chi connectivity index (χ2n) is 8.26. The van der Waals surface area contributed by atoms with Crippen LogP contribution in [-0.2, 0) is 0 Å². The van der Waals surface area contributed by atoms with E-state index in [1.165, 1.54) is 10.6 Å². The van der Waals surface area contributed by atoms with Crippen LogP contribution in [0.2, 0.25) is 0 Å². The van der Waals surface area contributed by atoms with E-state index in [0.717, 1.165) is 25.2 Å². The van der Waals surface area contributed by atoms with Crippen molar-refractivity contribution in [3.8, 4) is 28.6 Å². The molecule has 0 radical (unpaired) electrons. The molecule has 0 atom stereocenters. The molecule has 1 heterocycles. The van der Waals surface area contributed by atoms with Gasteiger partial charge in [-0.1, -0.05) is 13.8 Å². The van der Waals surface area contributed by atoms with Gasteiger partial charge >= 0.3 is 0 Å². The Morgan fingerprint density at radius 2 is 1.81 bits per heavy atom. The third-order valence-corrected chi connectivity index (χ3v) is 5.13. The van der Waals surface area contributed by atoms with Gasteiger partial charge in [0.15, 0.2) is 5.82 Å². The zero-order chi connectivity index (χ0) is 23.4. The molecular formula is C23H30N6O3. The first-order chi connectivity index (χ1) is 15.2. The Bertz CT molecular complexity index is 1090. The van der Waals surface area contributed by atoms with E-state index in [-0.39, 0.29) is 29.1 Å². The quantitative estimate of drug-likeness (QED) is 0.378. The van der Waals surface area contributed by atoms with E-state index in [1.807, 2.05) is 52.2 Å². The molecule has 0 aliphatic rings. The predicted octanol–water partition coefficient (Wildman–Crippen LogP) is 2.93. The lowest BCUT2D eigenvalue weighted by molar-refractivity contribution is 0.0988. The molecule has 2 aromatic carbocycles. The van der Waals surface area contributed by atoms with Crippen molar-refractivity contribution in [2.75, 3.05) is 32.5 Å². The summed E-state index contributed by atoms with van der Waals surface area (Å²) in [5.41, 5.74) is 8.09. The van der Waals surface area contributed by atoms with E-state index in [9.17, 15) is 15.0 Å². The van der Waals surface area contributed by atoms with Crippen LogP contribution in [0.25, 0.3) is 17.1 Å². The summed E-state index contributed by atoms with van der Waals surface area (Å²) >= 11 is 0. The van der Waals surface area contributed by atoms with Gasteiger partial charge in [0.2, 0.25) is 5.82 Å². The van der Waals surface area contributed by atoms with E-state index in [1.54, 1.807) is 6.07 Å². The fraction of sp³-hybridized carbons (Fsp3) is 0.348. The van der Waals surface area contributed by atoms with Crippen molar-refractivity contribution >= 4 is 11.6 Å². The van der Waals surface area contributed by atoms with Crippen molar-refractivity contribution < 1.29 is 15.0 Å². The highest BCUT2D eigenvalue weighted by atomic mass is 16.3. The van der Waals surface area contributed by atoms with E-state index in [2.05, 4.69) is 20.4 Å². The maximum absolute atomic E-state index is 12.0. The molecule has 1 aromatic heterocycles. The smallest absolute Gasteiger partial charge is 0.287 e. The van der Waals surface area contributed by atoms with Gasteiger partial charge in [0.05, 0.1) is 5.56 Å². The second-order valence-corrected chi connectivity index (χ2v) is 8.26. The van der Waals surface area contributed by atoms with E-state index < -0.39 is 5.91 Å². The number of hydrogen-bond acceptors (Lipinski definition) is 7. The molecule has 0 bridgehead atoms. The van der Waals surface area contributed by atoms with Gasteiger partial charge in [0.1, 0.15) is 11.5 Å². The van der Waals surface area contributed by atoms with Crippen LogP contribution in [0.4, 0.5) is 5.69 Å². The van der Waals surface area contributed by atoms with Crippen molar-refractivity contribution in [1.29, 1.82) is 0 Å². The molecule has 9 nitrogen and oxygen atoms in total. The van der Waals surface area contributed by atoms with Crippen molar-refractivity contribution in [2.45, 2.75) is 26.2 Å². The standard InChI is InChI=1S/C23H30N6O3/c1-14(2)17-12-18(20(31)13-19(17)30)22-26-27-23(21(24)32)29(22)16-8-6-15(7-9-16)25-10-5-11-28(3)4/h6-9,12-14,25,30-31H,5,10-11H2,1-4H3,(H2,24,32). The third-order valence-electron chi connectivity index (χ3n) is 5.13. The number of amides is 1. The summed E-state index contributed by atoms with van der Waals surface area (Å²) in [5.74, 6) is -0.700. The number of nitrogens with zero attached hydrogens (tertiary/aromatic N) is 4. The monoisotopic (exact) mass is 438 g/mol. The third kappa shape index (κ3) is 5.00. The zero-order valence-electron chi connectivity index (χ0n) is 18.8. The number of carbonyl (C=O) groups is 1. The lowest BCUT2D eigenvalue weighted by atomic mass is 9.98. The Hall–Kier alpha value is -3.59. The lowest BCUT2D eigenvalue weighted by Gasteiger charge is -2.15. The summed E-state index contributed by atoms with van der Waals surface area (Å²) in [6, 6.07) is 10.4. The van der Waals surface area contributed by atoms with Crippen LogP contribution in [0, 0.1) is 0 Å². The highest BCUT2D eigenvalue weighted by Crippen LogP contribution is 2.38. The van der Waals surface area contributed by atoms with Gasteiger partial charge in [0, 0.05) is 24.0 Å². The van der Waals surface area contributed by atoms with Crippen molar-refractivity contribution in [2.24, 2.45) is 5.73 Å². The normalized spacial score (nSPS) is 11.3. The van der Waals surface area contributed by atoms with Gasteiger partial charge in [-0.2, -0.15) is 0 Å². The second kappa shape index (κ2) is 9.69. The number of phenols is 2. The lowest BCUT2D eigenvalue weighted by Crippen LogP contribution is -2.18. The first-order valence-electron chi connectivity index (χ1n) is 10.5. The van der Waals surface area contributed by atoms with Gasteiger partial charge in [0.25, 0.3) is 5.91 Å². The van der Waals surface area contributed by atoms with E-state index >= 15 is 0 Å². The van der Waals surface area contributed by atoms with Crippen LogP contribution >= 0.6 is 0 Å². The fourth-order valence-electron chi connectivity index (χ4n) is 3.45. The first kappa shape index (κ1) is 23.1. The molecule has 32 heavy (non-hydrogen) atoms. The Morgan fingerprint density at radius 1 is 1.12 bits per heavy atom. The molecule has 0 saturated heterocycles. The number of primary amides is 1. The number of phenolic OH excluding ortho intramolecular Hbond substituents is 2. The number of benzene rings is 2. The minimum atomic E-state index is -0.739. The molecule has 0 unspecified atom stereocenters. The number of rotatable bonds is 9. The summed E-state index contributed by atoms with van der Waals surface area (Å²) in [6.45, 7) is 5.69. The number of hydrogen-bond donors (Lipinski definition) is 4. The Kier molecular flexibility index (Phi) is 6.99. The molecule has 0 saturated carbocycles. The minimum absolute atomic E-state index is 0.00728. The Morgan fingerprint density at radius 3 is 2.41 bits per heavy atom. The molecule has 3 rings (SSSR count). The SMILES string of the molecule is CC(C)c1cc(-c2nnc(C(N)=O)n2-c2ccc(NCCCN(C)C)cc2)c(O)cc1O. The fourth-order valence-corrected chi connectivity index (χ4v) is 3.45. The van der Waals surface area contributed by atoms with Gasteiger partial charge < -0.3 is 26.2 Å². The number of nitrogens with two attached hydrogens (primary N) is 1. The summed E-state index contributed by atoms with van der Waals surface area (Å²) in [6.07, 6.45) is 1.01. The predicted molar refractivity (Wildman–Crippen MR) is 124 cm³/mol. The van der Waals surface area contributed by atoms with Gasteiger partial charge in [-0.25, -0.2) is 0 Å². The molecule has 0 aliphatic heterocycles. The van der Waals surface area contributed by atoms with E-state index in [4.69, 9.17) is 5.73 Å². The van der Waals surface area contributed by atoms with Crippen molar-refractivity contribution in [3.05, 3.63) is 47.8 Å². The molecule has 3 aromatic rings. The van der Waals surface area contributed by atoms with Crippen LogP contribution < -0.4 is 11.1 Å². The maximum Gasteiger partial charge on any atom is 0.287 e. The highest BCUT2D eigenvalue weighted by Gasteiger charge is 2.23. The van der Waals surface area contributed by atoms with Crippen LogP contribution in [0.5, 0.6) is 11.5 Å². The minimum Gasteiger partial charge on any atom is -0.508 e. The average molecular weight is 439 g/mol. The molecule has 5 N–H and O–H groups in total. The maximum atomic E-state index is 12.0.